The highest BCUT2D eigenvalue weighted by molar-refractivity contribution is 6.03. The minimum atomic E-state index is -1.03. The number of para-hydroxylation sites is 1. The second kappa shape index (κ2) is 7.96. The summed E-state index contributed by atoms with van der Waals surface area (Å²) in [7, 11) is 1.32. The number of Topliss-reactive ketones (excluding diaryl/α,β-unsaturated/α-hetero) is 1. The Kier molecular flexibility index (Phi) is 5.46. The van der Waals surface area contributed by atoms with Crippen molar-refractivity contribution in [2.75, 3.05) is 7.11 Å². The van der Waals surface area contributed by atoms with Crippen LogP contribution in [0, 0.1) is 5.41 Å². The van der Waals surface area contributed by atoms with Crippen molar-refractivity contribution in [1.29, 1.82) is 0 Å². The first-order valence-electron chi connectivity index (χ1n) is 8.73. The van der Waals surface area contributed by atoms with Gasteiger partial charge in [0.2, 0.25) is 0 Å². The number of ketones is 1. The molecule has 3 aromatic rings. The number of hydrogen-bond donors (Lipinski definition) is 0. The number of hydrogen-bond acceptors (Lipinski definition) is 4. The molecule has 136 valence electrons. The van der Waals surface area contributed by atoms with Gasteiger partial charge < -0.3 is 4.74 Å². The number of allylic oxidation sites excluding steroid dienone is 1. The van der Waals surface area contributed by atoms with Gasteiger partial charge in [0.05, 0.1) is 30.2 Å². The Morgan fingerprint density at radius 3 is 2.44 bits per heavy atom. The van der Waals surface area contributed by atoms with E-state index in [0.717, 1.165) is 16.6 Å². The van der Waals surface area contributed by atoms with E-state index in [0.29, 0.717) is 5.56 Å². The summed E-state index contributed by atoms with van der Waals surface area (Å²) in [5, 5.41) is 1.05. The first-order valence-corrected chi connectivity index (χ1v) is 8.73. The Balaban J connectivity index is 1.95. The van der Waals surface area contributed by atoms with Gasteiger partial charge in [0.1, 0.15) is 0 Å². The van der Waals surface area contributed by atoms with Gasteiger partial charge in [-0.05, 0) is 25.1 Å². The van der Waals surface area contributed by atoms with E-state index >= 15 is 0 Å². The van der Waals surface area contributed by atoms with Crippen LogP contribution in [-0.4, -0.2) is 23.8 Å². The van der Waals surface area contributed by atoms with E-state index in [9.17, 15) is 9.59 Å². The third kappa shape index (κ3) is 4.29. The summed E-state index contributed by atoms with van der Waals surface area (Å²) in [5.74, 6) is -0.566. The highest BCUT2D eigenvalue weighted by atomic mass is 16.5. The molecule has 1 unspecified atom stereocenters. The molecule has 0 saturated heterocycles. The molecule has 0 fully saturated rings. The van der Waals surface area contributed by atoms with E-state index in [-0.39, 0.29) is 12.2 Å². The Labute approximate surface area is 158 Å². The summed E-state index contributed by atoms with van der Waals surface area (Å²) < 4.78 is 4.80. The number of benzene rings is 2. The quantitative estimate of drug-likeness (QED) is 0.473. The van der Waals surface area contributed by atoms with Crippen LogP contribution in [0.15, 0.2) is 72.8 Å². The monoisotopic (exact) mass is 359 g/mol. The number of carbonyl (C=O) groups is 2. The predicted molar refractivity (Wildman–Crippen MR) is 106 cm³/mol. The first-order chi connectivity index (χ1) is 13.0. The molecular formula is C23H21NO3. The number of esters is 1. The van der Waals surface area contributed by atoms with E-state index in [1.807, 2.05) is 42.5 Å². The molecule has 1 aromatic heterocycles. The van der Waals surface area contributed by atoms with Crippen LogP contribution in [0.25, 0.3) is 17.0 Å². The minimum Gasteiger partial charge on any atom is -0.469 e. The molecule has 4 heteroatoms. The fourth-order valence-electron chi connectivity index (χ4n) is 2.95. The summed E-state index contributed by atoms with van der Waals surface area (Å²) in [5.41, 5.74) is 1.14. The van der Waals surface area contributed by atoms with Gasteiger partial charge in [-0.15, -0.1) is 0 Å². The minimum absolute atomic E-state index is 0.0404. The summed E-state index contributed by atoms with van der Waals surface area (Å²) >= 11 is 0. The maximum Gasteiger partial charge on any atom is 0.306 e. The molecular weight excluding hydrogens is 338 g/mol. The third-order valence-corrected chi connectivity index (χ3v) is 4.54. The van der Waals surface area contributed by atoms with Crippen LogP contribution in [0.2, 0.25) is 0 Å². The lowest BCUT2D eigenvalue weighted by Crippen LogP contribution is -2.29. The fraction of sp³-hybridized carbons (Fsp3) is 0.174. The molecule has 0 N–H and O–H groups in total. The van der Waals surface area contributed by atoms with Gasteiger partial charge in [-0.1, -0.05) is 60.7 Å². The van der Waals surface area contributed by atoms with Crippen molar-refractivity contribution in [2.45, 2.75) is 13.3 Å². The van der Waals surface area contributed by atoms with Crippen molar-refractivity contribution in [3.63, 3.8) is 0 Å². The summed E-state index contributed by atoms with van der Waals surface area (Å²) in [6.07, 6.45) is 3.49. The third-order valence-electron chi connectivity index (χ3n) is 4.54. The molecule has 0 bridgehead atoms. The summed E-state index contributed by atoms with van der Waals surface area (Å²) in [4.78, 5) is 29.6. The van der Waals surface area contributed by atoms with Crippen molar-refractivity contribution in [1.82, 2.24) is 4.98 Å². The number of fused-ring (bicyclic) bond motifs is 1. The van der Waals surface area contributed by atoms with Crippen LogP contribution >= 0.6 is 0 Å². The maximum atomic E-state index is 13.1. The molecule has 0 radical (unpaired) electrons. The SMILES string of the molecule is COC(=O)CC(C)(C=Cc1ccc2ccccc2n1)C(=O)c1ccccc1. The molecule has 0 aliphatic heterocycles. The highest BCUT2D eigenvalue weighted by Crippen LogP contribution is 2.30. The Hall–Kier alpha value is -3.27. The lowest BCUT2D eigenvalue weighted by Gasteiger charge is -2.23. The van der Waals surface area contributed by atoms with Crippen molar-refractivity contribution in [2.24, 2.45) is 5.41 Å². The fourth-order valence-corrected chi connectivity index (χ4v) is 2.95. The molecule has 1 atom stereocenters. The van der Waals surface area contributed by atoms with Gasteiger partial charge in [0, 0.05) is 10.9 Å². The molecule has 0 aliphatic carbocycles. The van der Waals surface area contributed by atoms with Gasteiger partial charge in [0.15, 0.2) is 5.78 Å². The van der Waals surface area contributed by atoms with Crippen LogP contribution < -0.4 is 0 Å². The van der Waals surface area contributed by atoms with Gasteiger partial charge in [0.25, 0.3) is 0 Å². The van der Waals surface area contributed by atoms with Crippen molar-refractivity contribution < 1.29 is 14.3 Å². The Morgan fingerprint density at radius 2 is 1.70 bits per heavy atom. The van der Waals surface area contributed by atoms with Crippen molar-refractivity contribution in [3.05, 3.63) is 84.1 Å². The number of rotatable bonds is 6. The average Bonchev–Trinajstić information content (AvgIpc) is 2.72. The largest absolute Gasteiger partial charge is 0.469 e. The van der Waals surface area contributed by atoms with Gasteiger partial charge in [-0.25, -0.2) is 4.98 Å². The summed E-state index contributed by atoms with van der Waals surface area (Å²) in [6.45, 7) is 1.75. The van der Waals surface area contributed by atoms with Gasteiger partial charge in [-0.2, -0.15) is 0 Å². The molecule has 27 heavy (non-hydrogen) atoms. The lowest BCUT2D eigenvalue weighted by atomic mass is 9.78. The van der Waals surface area contributed by atoms with E-state index < -0.39 is 11.4 Å². The van der Waals surface area contributed by atoms with Gasteiger partial charge >= 0.3 is 5.97 Å². The second-order valence-corrected chi connectivity index (χ2v) is 6.63. The molecule has 1 heterocycles. The van der Waals surface area contributed by atoms with Crippen molar-refractivity contribution in [3.8, 4) is 0 Å². The normalized spacial score (nSPS) is 13.4. The highest BCUT2D eigenvalue weighted by Gasteiger charge is 2.34. The molecule has 3 rings (SSSR count). The zero-order valence-electron chi connectivity index (χ0n) is 15.4. The van der Waals surface area contributed by atoms with Crippen LogP contribution in [0.5, 0.6) is 0 Å². The number of pyridine rings is 1. The van der Waals surface area contributed by atoms with Crippen LogP contribution in [0.4, 0.5) is 0 Å². The number of aromatic nitrogens is 1. The number of methoxy groups -OCH3 is 1. The zero-order chi connectivity index (χ0) is 19.3. The van der Waals surface area contributed by atoms with Crippen molar-refractivity contribution >= 4 is 28.7 Å². The molecule has 4 nitrogen and oxygen atoms in total. The lowest BCUT2D eigenvalue weighted by molar-refractivity contribution is -0.142. The Morgan fingerprint density at radius 1 is 1.00 bits per heavy atom. The molecule has 0 aliphatic rings. The second-order valence-electron chi connectivity index (χ2n) is 6.63. The topological polar surface area (TPSA) is 56.3 Å². The zero-order valence-corrected chi connectivity index (χ0v) is 15.4. The van der Waals surface area contributed by atoms with Crippen LogP contribution in [0.1, 0.15) is 29.4 Å². The smallest absolute Gasteiger partial charge is 0.306 e. The summed E-state index contributed by atoms with van der Waals surface area (Å²) in [6, 6.07) is 20.7. The van der Waals surface area contributed by atoms with Crippen LogP contribution in [0.3, 0.4) is 0 Å². The van der Waals surface area contributed by atoms with Crippen LogP contribution in [-0.2, 0) is 9.53 Å². The average molecular weight is 359 g/mol. The molecule has 0 amide bonds. The molecule has 2 aromatic carbocycles. The van der Waals surface area contributed by atoms with Gasteiger partial charge in [-0.3, -0.25) is 9.59 Å². The Bertz CT molecular complexity index is 995. The van der Waals surface area contributed by atoms with E-state index in [1.54, 1.807) is 43.3 Å². The number of nitrogens with zero attached hydrogens (tertiary/aromatic N) is 1. The first kappa shape index (κ1) is 18.5. The standard InChI is InChI=1S/C23H21NO3/c1-23(16-21(25)27-2,22(26)18-9-4-3-5-10-18)15-14-19-13-12-17-8-6-7-11-20(17)24-19/h3-15H,16H2,1-2H3. The number of carbonyl (C=O) groups excluding carboxylic acids is 2. The molecule has 0 saturated carbocycles. The predicted octanol–water partition coefficient (Wildman–Crippen LogP) is 4.70. The maximum absolute atomic E-state index is 13.1. The van der Waals surface area contributed by atoms with E-state index in [2.05, 4.69) is 4.98 Å². The number of ether oxygens (including phenoxy) is 1. The van der Waals surface area contributed by atoms with E-state index in [1.165, 1.54) is 7.11 Å². The van der Waals surface area contributed by atoms with E-state index in [4.69, 9.17) is 4.74 Å². The molecule has 0 spiro atoms.